The molecule has 1 heterocycles. The van der Waals surface area contributed by atoms with Gasteiger partial charge in [0.05, 0.1) is 19.7 Å². The van der Waals surface area contributed by atoms with Crippen LogP contribution in [0, 0.1) is 0 Å². The van der Waals surface area contributed by atoms with Crippen molar-refractivity contribution in [1.29, 1.82) is 0 Å². The topological polar surface area (TPSA) is 67.9 Å². The molecule has 2 rings (SSSR count). The Hall–Kier alpha value is -2.24. The number of carbonyl (C=O) groups is 2. The molecule has 1 unspecified atom stereocenters. The lowest BCUT2D eigenvalue weighted by Gasteiger charge is -2.32. The molecule has 0 spiro atoms. The Labute approximate surface area is 124 Å². The van der Waals surface area contributed by atoms with Gasteiger partial charge in [-0.15, -0.1) is 0 Å². The zero-order valence-corrected chi connectivity index (χ0v) is 12.3. The molecule has 6 nitrogen and oxygen atoms in total. The van der Waals surface area contributed by atoms with Gasteiger partial charge >= 0.3 is 0 Å². The Morgan fingerprint density at radius 3 is 2.57 bits per heavy atom. The Morgan fingerprint density at radius 2 is 1.90 bits per heavy atom. The number of rotatable bonds is 6. The molecule has 1 N–H and O–H groups in total. The number of para-hydroxylation sites is 2. The van der Waals surface area contributed by atoms with Crippen molar-refractivity contribution in [3.8, 4) is 11.5 Å². The molecule has 0 aliphatic carbocycles. The van der Waals surface area contributed by atoms with E-state index < -0.39 is 6.04 Å². The summed E-state index contributed by atoms with van der Waals surface area (Å²) in [5.41, 5.74) is 0. The van der Waals surface area contributed by atoms with Gasteiger partial charge in [0.2, 0.25) is 11.8 Å². The smallest absolute Gasteiger partial charge is 0.242 e. The molecular formula is C15H20N2O4. The molecule has 6 heteroatoms. The van der Waals surface area contributed by atoms with E-state index in [0.717, 1.165) is 0 Å². The van der Waals surface area contributed by atoms with Gasteiger partial charge in [-0.05, 0) is 26.0 Å². The maximum atomic E-state index is 11.8. The molecule has 1 aromatic rings. The van der Waals surface area contributed by atoms with Crippen molar-refractivity contribution in [2.75, 3.05) is 26.3 Å². The van der Waals surface area contributed by atoms with Crippen molar-refractivity contribution in [3.05, 3.63) is 24.3 Å². The molecule has 1 aliphatic heterocycles. The maximum absolute atomic E-state index is 11.8. The first-order chi connectivity index (χ1) is 10.1. The van der Waals surface area contributed by atoms with Gasteiger partial charge in [0, 0.05) is 0 Å². The lowest BCUT2D eigenvalue weighted by Crippen LogP contribution is -2.57. The summed E-state index contributed by atoms with van der Waals surface area (Å²) < 4.78 is 11.1. The number of hydrogen-bond donors (Lipinski definition) is 1. The summed E-state index contributed by atoms with van der Waals surface area (Å²) >= 11 is 0. The van der Waals surface area contributed by atoms with Crippen LogP contribution < -0.4 is 14.8 Å². The maximum Gasteiger partial charge on any atom is 0.242 e. The van der Waals surface area contributed by atoms with Crippen LogP contribution in [0.3, 0.4) is 0 Å². The van der Waals surface area contributed by atoms with Crippen molar-refractivity contribution < 1.29 is 19.1 Å². The molecule has 114 valence electrons. The number of benzene rings is 1. The van der Waals surface area contributed by atoms with E-state index in [1.165, 1.54) is 4.90 Å². The van der Waals surface area contributed by atoms with E-state index in [9.17, 15) is 9.59 Å². The Morgan fingerprint density at radius 1 is 1.24 bits per heavy atom. The molecular weight excluding hydrogens is 272 g/mol. The summed E-state index contributed by atoms with van der Waals surface area (Å²) in [6.45, 7) is 4.91. The van der Waals surface area contributed by atoms with E-state index in [1.54, 1.807) is 6.92 Å². The molecule has 21 heavy (non-hydrogen) atoms. The third-order valence-electron chi connectivity index (χ3n) is 3.32. The molecule has 1 aliphatic rings. The summed E-state index contributed by atoms with van der Waals surface area (Å²) in [4.78, 5) is 24.9. The van der Waals surface area contributed by atoms with Gasteiger partial charge in [0.15, 0.2) is 11.5 Å². The summed E-state index contributed by atoms with van der Waals surface area (Å²) in [5, 5.41) is 2.55. The molecule has 0 aromatic heterocycles. The number of carbonyl (C=O) groups excluding carboxylic acids is 2. The van der Waals surface area contributed by atoms with Crippen molar-refractivity contribution in [3.63, 3.8) is 0 Å². The highest BCUT2D eigenvalue weighted by atomic mass is 16.5. The molecule has 0 saturated carbocycles. The van der Waals surface area contributed by atoms with Gasteiger partial charge in [0.25, 0.3) is 0 Å². The molecule has 1 aromatic carbocycles. The standard InChI is InChI=1S/C15H20N2O4/c1-3-20-12-6-4-5-7-13(12)21-9-8-17-11(2)15(19)16-10-14(17)18/h4-7,11H,3,8-10H2,1-2H3,(H,16,19). The molecule has 0 bridgehead atoms. The van der Waals surface area contributed by atoms with Gasteiger partial charge < -0.3 is 19.7 Å². The van der Waals surface area contributed by atoms with Crippen molar-refractivity contribution in [2.24, 2.45) is 0 Å². The Bertz CT molecular complexity index is 518. The van der Waals surface area contributed by atoms with Gasteiger partial charge in [-0.3, -0.25) is 9.59 Å². The van der Waals surface area contributed by atoms with Gasteiger partial charge in [-0.25, -0.2) is 0 Å². The monoisotopic (exact) mass is 292 g/mol. The van der Waals surface area contributed by atoms with Crippen LogP contribution in [0.2, 0.25) is 0 Å². The highest BCUT2D eigenvalue weighted by molar-refractivity contribution is 5.94. The molecule has 0 radical (unpaired) electrons. The highest BCUT2D eigenvalue weighted by Crippen LogP contribution is 2.26. The number of piperazine rings is 1. The Kier molecular flexibility index (Phi) is 5.03. The fourth-order valence-corrected chi connectivity index (χ4v) is 2.19. The third-order valence-corrected chi connectivity index (χ3v) is 3.32. The summed E-state index contributed by atoms with van der Waals surface area (Å²) in [6.07, 6.45) is 0. The summed E-state index contributed by atoms with van der Waals surface area (Å²) in [6, 6.07) is 6.93. The van der Waals surface area contributed by atoms with E-state index in [0.29, 0.717) is 31.3 Å². The van der Waals surface area contributed by atoms with Crippen LogP contribution in [0.5, 0.6) is 11.5 Å². The third kappa shape index (κ3) is 3.65. The van der Waals surface area contributed by atoms with Crippen LogP contribution in [-0.2, 0) is 9.59 Å². The minimum absolute atomic E-state index is 0.0543. The first-order valence-electron chi connectivity index (χ1n) is 7.05. The minimum atomic E-state index is -0.461. The average Bonchev–Trinajstić information content (AvgIpc) is 2.49. The van der Waals surface area contributed by atoms with E-state index in [4.69, 9.17) is 9.47 Å². The zero-order chi connectivity index (χ0) is 15.2. The number of amides is 2. The van der Waals surface area contributed by atoms with E-state index >= 15 is 0 Å². The second kappa shape index (κ2) is 6.97. The SMILES string of the molecule is CCOc1ccccc1OCCN1C(=O)CNC(=O)C1C. The van der Waals surface area contributed by atoms with E-state index in [-0.39, 0.29) is 18.4 Å². The van der Waals surface area contributed by atoms with E-state index in [2.05, 4.69) is 5.32 Å². The average molecular weight is 292 g/mol. The van der Waals surface area contributed by atoms with Crippen LogP contribution in [0.15, 0.2) is 24.3 Å². The largest absolute Gasteiger partial charge is 0.490 e. The number of nitrogens with one attached hydrogen (secondary N) is 1. The first kappa shape index (κ1) is 15.2. The van der Waals surface area contributed by atoms with Crippen LogP contribution in [0.4, 0.5) is 0 Å². The number of ether oxygens (including phenoxy) is 2. The summed E-state index contributed by atoms with van der Waals surface area (Å²) in [7, 11) is 0. The van der Waals surface area contributed by atoms with Crippen molar-refractivity contribution in [2.45, 2.75) is 19.9 Å². The van der Waals surface area contributed by atoms with Gasteiger partial charge in [-0.1, -0.05) is 12.1 Å². The van der Waals surface area contributed by atoms with Gasteiger partial charge in [0.1, 0.15) is 12.6 Å². The quantitative estimate of drug-likeness (QED) is 0.842. The highest BCUT2D eigenvalue weighted by Gasteiger charge is 2.30. The van der Waals surface area contributed by atoms with Crippen LogP contribution in [0.25, 0.3) is 0 Å². The first-order valence-corrected chi connectivity index (χ1v) is 7.05. The van der Waals surface area contributed by atoms with Crippen LogP contribution in [-0.4, -0.2) is 49.1 Å². The van der Waals surface area contributed by atoms with Crippen molar-refractivity contribution >= 4 is 11.8 Å². The molecule has 1 fully saturated rings. The van der Waals surface area contributed by atoms with Gasteiger partial charge in [-0.2, -0.15) is 0 Å². The molecule has 1 saturated heterocycles. The van der Waals surface area contributed by atoms with Crippen LogP contribution >= 0.6 is 0 Å². The van der Waals surface area contributed by atoms with Crippen LogP contribution in [0.1, 0.15) is 13.8 Å². The summed E-state index contributed by atoms with van der Waals surface area (Å²) in [5.74, 6) is 1.09. The normalized spacial score (nSPS) is 18.4. The second-order valence-corrected chi connectivity index (χ2v) is 4.71. The predicted molar refractivity (Wildman–Crippen MR) is 77.3 cm³/mol. The predicted octanol–water partition coefficient (Wildman–Crippen LogP) is 0.811. The number of hydrogen-bond acceptors (Lipinski definition) is 4. The lowest BCUT2D eigenvalue weighted by molar-refractivity contribution is -0.145. The Balaban J connectivity index is 1.92. The fraction of sp³-hybridized carbons (Fsp3) is 0.467. The molecule has 1 atom stereocenters. The fourth-order valence-electron chi connectivity index (χ4n) is 2.19. The number of nitrogens with zero attached hydrogens (tertiary/aromatic N) is 1. The lowest BCUT2D eigenvalue weighted by atomic mass is 10.2. The molecule has 2 amide bonds. The van der Waals surface area contributed by atoms with Crippen molar-refractivity contribution in [1.82, 2.24) is 10.2 Å². The second-order valence-electron chi connectivity index (χ2n) is 4.71. The zero-order valence-electron chi connectivity index (χ0n) is 12.3. The van der Waals surface area contributed by atoms with E-state index in [1.807, 2.05) is 31.2 Å². The minimum Gasteiger partial charge on any atom is -0.490 e.